The molecule has 0 bridgehead atoms. The van der Waals surface area contributed by atoms with Gasteiger partial charge in [0, 0.05) is 12.2 Å². The van der Waals surface area contributed by atoms with Crippen molar-refractivity contribution in [2.45, 2.75) is 52.0 Å². The maximum Gasteiger partial charge on any atom is 0.338 e. The van der Waals surface area contributed by atoms with Crippen molar-refractivity contribution in [1.82, 2.24) is 0 Å². The van der Waals surface area contributed by atoms with Gasteiger partial charge in [-0.25, -0.2) is 4.79 Å². The van der Waals surface area contributed by atoms with Gasteiger partial charge < -0.3 is 14.8 Å². The quantitative estimate of drug-likeness (QED) is 0.604. The summed E-state index contributed by atoms with van der Waals surface area (Å²) in [7, 11) is 1.68. The predicted octanol–water partition coefficient (Wildman–Crippen LogP) is 5.61. The highest BCUT2D eigenvalue weighted by Crippen LogP contribution is 2.30. The van der Waals surface area contributed by atoms with Crippen LogP contribution in [-0.4, -0.2) is 19.7 Å². The van der Waals surface area contributed by atoms with Crippen LogP contribution in [0.4, 0.5) is 5.69 Å². The Hall–Kier alpha value is -2.49. The molecule has 1 aliphatic carbocycles. The molecular weight excluding hydrogens is 350 g/mol. The number of methoxy groups -OCH3 is 1. The molecule has 0 saturated heterocycles. The van der Waals surface area contributed by atoms with E-state index in [1.165, 1.54) is 37.7 Å². The zero-order chi connectivity index (χ0) is 19.8. The van der Waals surface area contributed by atoms with Crippen LogP contribution in [0.1, 0.15) is 60.5 Å². The van der Waals surface area contributed by atoms with Gasteiger partial charge in [0.05, 0.1) is 19.3 Å². The molecule has 1 aliphatic rings. The number of benzene rings is 2. The van der Waals surface area contributed by atoms with Crippen molar-refractivity contribution in [2.75, 3.05) is 19.0 Å². The Labute approximate surface area is 168 Å². The van der Waals surface area contributed by atoms with Crippen LogP contribution in [0.3, 0.4) is 0 Å². The van der Waals surface area contributed by atoms with E-state index in [2.05, 4.69) is 17.4 Å². The summed E-state index contributed by atoms with van der Waals surface area (Å²) in [4.78, 5) is 12.2. The van der Waals surface area contributed by atoms with Crippen molar-refractivity contribution < 1.29 is 14.3 Å². The first-order valence-electron chi connectivity index (χ1n) is 10.4. The second-order valence-electron chi connectivity index (χ2n) is 7.51. The van der Waals surface area contributed by atoms with Gasteiger partial charge in [0.1, 0.15) is 5.75 Å². The number of hydrogen-bond donors (Lipinski definition) is 1. The van der Waals surface area contributed by atoms with Gasteiger partial charge in [-0.05, 0) is 54.7 Å². The van der Waals surface area contributed by atoms with Crippen LogP contribution in [-0.2, 0) is 17.7 Å². The zero-order valence-corrected chi connectivity index (χ0v) is 17.0. The van der Waals surface area contributed by atoms with Crippen LogP contribution in [0.15, 0.2) is 42.5 Å². The highest BCUT2D eigenvalue weighted by atomic mass is 16.5. The molecule has 1 N–H and O–H groups in total. The topological polar surface area (TPSA) is 47.6 Å². The Morgan fingerprint density at radius 2 is 1.93 bits per heavy atom. The van der Waals surface area contributed by atoms with Gasteiger partial charge in [-0.3, -0.25) is 0 Å². The summed E-state index contributed by atoms with van der Waals surface area (Å²) in [6.45, 7) is 2.90. The first-order valence-corrected chi connectivity index (χ1v) is 10.4. The molecule has 0 aliphatic heterocycles. The number of anilines is 1. The summed E-state index contributed by atoms with van der Waals surface area (Å²) in [6, 6.07) is 14.0. The smallest absolute Gasteiger partial charge is 0.338 e. The monoisotopic (exact) mass is 381 g/mol. The summed E-state index contributed by atoms with van der Waals surface area (Å²) in [6.07, 6.45) is 7.68. The Balaban J connectivity index is 1.78. The largest absolute Gasteiger partial charge is 0.497 e. The first kappa shape index (κ1) is 20.2. The van der Waals surface area contributed by atoms with Gasteiger partial charge in [0.2, 0.25) is 0 Å². The van der Waals surface area contributed by atoms with Crippen LogP contribution in [0.2, 0.25) is 0 Å². The fourth-order valence-electron chi connectivity index (χ4n) is 3.94. The van der Waals surface area contributed by atoms with Gasteiger partial charge in [0.25, 0.3) is 0 Å². The summed E-state index contributed by atoms with van der Waals surface area (Å²) in [5, 5.41) is 3.54. The van der Waals surface area contributed by atoms with E-state index >= 15 is 0 Å². The number of carbonyl (C=O) groups excluding carboxylic acids is 1. The minimum Gasteiger partial charge on any atom is -0.497 e. The molecule has 0 heterocycles. The lowest BCUT2D eigenvalue weighted by Crippen LogP contribution is -2.12. The minimum atomic E-state index is -0.267. The molecule has 0 radical (unpaired) electrons. The SMILES string of the molecule is CCOC(=O)c1ccc(CC2CCCCC2)c(NCc2cccc(OC)c2)c1. The molecule has 28 heavy (non-hydrogen) atoms. The van der Waals surface area contributed by atoms with Crippen molar-refractivity contribution in [3.05, 3.63) is 59.2 Å². The maximum absolute atomic E-state index is 12.2. The van der Waals surface area contributed by atoms with Gasteiger partial charge >= 0.3 is 5.97 Å². The summed E-state index contributed by atoms with van der Waals surface area (Å²) < 4.78 is 10.5. The van der Waals surface area contributed by atoms with E-state index in [1.54, 1.807) is 7.11 Å². The Morgan fingerprint density at radius 1 is 1.11 bits per heavy atom. The molecule has 0 atom stereocenters. The van der Waals surface area contributed by atoms with Crippen molar-refractivity contribution in [3.8, 4) is 5.75 Å². The van der Waals surface area contributed by atoms with E-state index in [4.69, 9.17) is 9.47 Å². The van der Waals surface area contributed by atoms with Crippen LogP contribution >= 0.6 is 0 Å². The van der Waals surface area contributed by atoms with Gasteiger partial charge in [-0.15, -0.1) is 0 Å². The van der Waals surface area contributed by atoms with E-state index in [-0.39, 0.29) is 5.97 Å². The molecule has 4 heteroatoms. The summed E-state index contributed by atoms with van der Waals surface area (Å²) >= 11 is 0. The molecule has 0 aromatic heterocycles. The molecule has 1 fully saturated rings. The lowest BCUT2D eigenvalue weighted by molar-refractivity contribution is 0.0526. The van der Waals surface area contributed by atoms with Crippen LogP contribution in [0.5, 0.6) is 5.75 Å². The molecule has 1 saturated carbocycles. The normalized spacial score (nSPS) is 14.5. The third-order valence-corrected chi connectivity index (χ3v) is 5.47. The van der Waals surface area contributed by atoms with E-state index in [1.807, 2.05) is 37.3 Å². The van der Waals surface area contributed by atoms with Crippen LogP contribution in [0, 0.1) is 5.92 Å². The average molecular weight is 382 g/mol. The molecule has 0 unspecified atom stereocenters. The molecule has 4 nitrogen and oxygen atoms in total. The third-order valence-electron chi connectivity index (χ3n) is 5.47. The van der Waals surface area contributed by atoms with E-state index in [0.717, 1.165) is 29.3 Å². The molecular formula is C24H31NO3. The third kappa shape index (κ3) is 5.51. The average Bonchev–Trinajstić information content (AvgIpc) is 2.74. The number of nitrogens with one attached hydrogen (secondary N) is 1. The highest BCUT2D eigenvalue weighted by Gasteiger charge is 2.17. The lowest BCUT2D eigenvalue weighted by atomic mass is 9.84. The standard InChI is InChI=1S/C24H31NO3/c1-3-28-24(26)21-13-12-20(14-18-8-5-4-6-9-18)23(16-21)25-17-19-10-7-11-22(15-19)27-2/h7,10-13,15-16,18,25H,3-6,8-9,14,17H2,1-2H3. The molecule has 150 valence electrons. The van der Waals surface area contributed by atoms with Crippen LogP contribution in [0.25, 0.3) is 0 Å². The number of ether oxygens (including phenoxy) is 2. The van der Waals surface area contributed by atoms with E-state index in [0.29, 0.717) is 18.7 Å². The molecule has 3 rings (SSSR count). The molecule has 2 aromatic carbocycles. The van der Waals surface area contributed by atoms with Gasteiger partial charge in [0.15, 0.2) is 0 Å². The predicted molar refractivity (Wildman–Crippen MR) is 113 cm³/mol. The van der Waals surface area contributed by atoms with Gasteiger partial charge in [-0.2, -0.15) is 0 Å². The van der Waals surface area contributed by atoms with Crippen LogP contribution < -0.4 is 10.1 Å². The maximum atomic E-state index is 12.2. The number of esters is 1. The van der Waals surface area contributed by atoms with Crippen molar-refractivity contribution in [1.29, 1.82) is 0 Å². The molecule has 0 spiro atoms. The van der Waals surface area contributed by atoms with E-state index in [9.17, 15) is 4.79 Å². The van der Waals surface area contributed by atoms with Crippen molar-refractivity contribution >= 4 is 11.7 Å². The summed E-state index contributed by atoms with van der Waals surface area (Å²) in [5.74, 6) is 1.32. The van der Waals surface area contributed by atoms with Crippen molar-refractivity contribution in [2.24, 2.45) is 5.92 Å². The Morgan fingerprint density at radius 3 is 2.68 bits per heavy atom. The fraction of sp³-hybridized carbons (Fsp3) is 0.458. The van der Waals surface area contributed by atoms with Crippen molar-refractivity contribution in [3.63, 3.8) is 0 Å². The Bertz CT molecular complexity index is 781. The summed E-state index contributed by atoms with van der Waals surface area (Å²) in [5.41, 5.74) is 4.05. The second kappa shape index (κ2) is 10.2. The molecule has 0 amide bonds. The van der Waals surface area contributed by atoms with E-state index < -0.39 is 0 Å². The number of hydrogen-bond acceptors (Lipinski definition) is 4. The molecule has 2 aromatic rings. The zero-order valence-electron chi connectivity index (χ0n) is 17.0. The highest BCUT2D eigenvalue weighted by molar-refractivity contribution is 5.90. The van der Waals surface area contributed by atoms with Gasteiger partial charge in [-0.1, -0.05) is 50.3 Å². The fourth-order valence-corrected chi connectivity index (χ4v) is 3.94. The second-order valence-corrected chi connectivity index (χ2v) is 7.51. The Kier molecular flexibility index (Phi) is 7.35. The first-order chi connectivity index (χ1) is 13.7. The minimum absolute atomic E-state index is 0.267. The number of rotatable bonds is 8. The lowest BCUT2D eigenvalue weighted by Gasteiger charge is -2.23. The number of carbonyl (C=O) groups is 1.